The first kappa shape index (κ1) is 50.5. The lowest BCUT2D eigenvalue weighted by Gasteiger charge is -2.18. The summed E-state index contributed by atoms with van der Waals surface area (Å²) in [5.41, 5.74) is 0. The summed E-state index contributed by atoms with van der Waals surface area (Å²) in [5, 5.41) is 0. The molecule has 52 heavy (non-hydrogen) atoms. The third-order valence-corrected chi connectivity index (χ3v) is 9.96. The van der Waals surface area contributed by atoms with E-state index >= 15 is 0 Å². The molecule has 1 unspecified atom stereocenters. The van der Waals surface area contributed by atoms with Gasteiger partial charge in [0.1, 0.15) is 6.61 Å². The molecule has 0 aliphatic rings. The Morgan fingerprint density at radius 3 is 1.31 bits per heavy atom. The second-order valence-electron chi connectivity index (χ2n) is 14.7. The Morgan fingerprint density at radius 1 is 0.500 bits per heavy atom. The van der Waals surface area contributed by atoms with Gasteiger partial charge in [-0.15, -0.1) is 0 Å². The topological polar surface area (TPSA) is 119 Å². The molecule has 0 saturated heterocycles. The fraction of sp³-hybridized carbons (Fsp3) is 0.860. The molecule has 0 aromatic carbocycles. The predicted molar refractivity (Wildman–Crippen MR) is 216 cm³/mol. The van der Waals surface area contributed by atoms with Crippen molar-refractivity contribution in [2.45, 2.75) is 225 Å². The monoisotopic (exact) mass is 757 g/mol. The van der Waals surface area contributed by atoms with Gasteiger partial charge in [-0.25, -0.2) is 4.57 Å². The van der Waals surface area contributed by atoms with E-state index in [0.29, 0.717) is 6.42 Å². The minimum atomic E-state index is -4.75. The van der Waals surface area contributed by atoms with Gasteiger partial charge in [-0.2, -0.15) is 0 Å². The number of allylic oxidation sites excluding steroid dienone is 4. The van der Waals surface area contributed by atoms with Gasteiger partial charge in [-0.1, -0.05) is 186 Å². The van der Waals surface area contributed by atoms with Crippen LogP contribution in [0.5, 0.6) is 0 Å². The molecule has 0 rings (SSSR count). The van der Waals surface area contributed by atoms with Crippen molar-refractivity contribution in [1.82, 2.24) is 0 Å². The van der Waals surface area contributed by atoms with Crippen molar-refractivity contribution in [3.8, 4) is 0 Å². The summed E-state index contributed by atoms with van der Waals surface area (Å²) in [6.45, 7) is 3.67. The van der Waals surface area contributed by atoms with Crippen LogP contribution in [0, 0.1) is 0 Å². The molecule has 0 saturated carbocycles. The van der Waals surface area contributed by atoms with Gasteiger partial charge in [0.2, 0.25) is 0 Å². The Morgan fingerprint density at radius 2 is 0.865 bits per heavy atom. The van der Waals surface area contributed by atoms with E-state index in [0.717, 1.165) is 57.8 Å². The zero-order valence-corrected chi connectivity index (χ0v) is 34.6. The lowest BCUT2D eigenvalue weighted by molar-refractivity contribution is -0.161. The fourth-order valence-corrected chi connectivity index (χ4v) is 6.59. The molecule has 0 aliphatic heterocycles. The molecule has 8 nitrogen and oxygen atoms in total. The first-order valence-corrected chi connectivity index (χ1v) is 23.2. The first-order valence-electron chi connectivity index (χ1n) is 21.6. The molecule has 2 N–H and O–H groups in total. The van der Waals surface area contributed by atoms with Gasteiger partial charge >= 0.3 is 19.8 Å². The standard InChI is InChI=1S/C43H81O8P/c1-3-5-7-9-11-13-15-17-19-20-21-22-24-25-27-29-31-33-35-37-42(44)49-39-41(40-50-52(46,47)48)51-43(45)38-36-34-32-30-28-26-23-18-16-14-12-10-8-6-4-2/h12,14,18,23,41H,3-11,13,15-17,19-22,24-40H2,1-2H3,(H2,46,47,48)/b14-12-,23-18-. The number of esters is 2. The molecule has 0 aromatic heterocycles. The van der Waals surface area contributed by atoms with Gasteiger partial charge in [-0.3, -0.25) is 14.1 Å². The zero-order valence-electron chi connectivity index (χ0n) is 33.7. The normalized spacial score (nSPS) is 12.6. The quantitative estimate of drug-likeness (QED) is 0.0274. The molecule has 0 radical (unpaired) electrons. The predicted octanol–water partition coefficient (Wildman–Crippen LogP) is 13.2. The number of rotatable bonds is 40. The summed E-state index contributed by atoms with van der Waals surface area (Å²) in [4.78, 5) is 42.9. The van der Waals surface area contributed by atoms with Crippen molar-refractivity contribution >= 4 is 19.8 Å². The van der Waals surface area contributed by atoms with Gasteiger partial charge in [0.05, 0.1) is 6.61 Å². The third kappa shape index (κ3) is 41.3. The van der Waals surface area contributed by atoms with Crippen LogP contribution in [0.1, 0.15) is 219 Å². The number of phosphoric acid groups is 1. The molecule has 0 heterocycles. The second kappa shape index (κ2) is 39.2. The summed E-state index contributed by atoms with van der Waals surface area (Å²) < 4.78 is 26.4. The lowest BCUT2D eigenvalue weighted by Crippen LogP contribution is -2.29. The van der Waals surface area contributed by atoms with Crippen molar-refractivity contribution in [3.05, 3.63) is 24.3 Å². The van der Waals surface area contributed by atoms with Gasteiger partial charge < -0.3 is 19.3 Å². The number of ether oxygens (including phenoxy) is 2. The van der Waals surface area contributed by atoms with Crippen LogP contribution in [-0.2, 0) is 28.2 Å². The molecular formula is C43H81O8P. The minimum Gasteiger partial charge on any atom is -0.462 e. The Bertz CT molecular complexity index is 900. The van der Waals surface area contributed by atoms with Crippen LogP contribution in [0.2, 0.25) is 0 Å². The largest absolute Gasteiger partial charge is 0.469 e. The van der Waals surface area contributed by atoms with E-state index in [2.05, 4.69) is 42.7 Å². The molecule has 0 bridgehead atoms. The molecule has 0 spiro atoms. The highest BCUT2D eigenvalue weighted by Gasteiger charge is 2.22. The van der Waals surface area contributed by atoms with Gasteiger partial charge in [0.15, 0.2) is 6.10 Å². The number of hydrogen-bond donors (Lipinski definition) is 2. The van der Waals surface area contributed by atoms with E-state index in [4.69, 9.17) is 19.3 Å². The molecule has 0 amide bonds. The molecule has 1 atom stereocenters. The summed E-state index contributed by atoms with van der Waals surface area (Å²) in [7, 11) is -4.75. The molecule has 0 aromatic rings. The zero-order chi connectivity index (χ0) is 38.2. The number of hydrogen-bond acceptors (Lipinski definition) is 6. The Balaban J connectivity index is 3.87. The van der Waals surface area contributed by atoms with Crippen molar-refractivity contribution in [2.75, 3.05) is 13.2 Å². The fourth-order valence-electron chi connectivity index (χ4n) is 6.23. The van der Waals surface area contributed by atoms with E-state index in [1.165, 1.54) is 128 Å². The highest BCUT2D eigenvalue weighted by atomic mass is 31.2. The van der Waals surface area contributed by atoms with E-state index in [9.17, 15) is 14.2 Å². The first-order chi connectivity index (χ1) is 25.3. The Hall–Kier alpha value is -1.47. The number of carbonyl (C=O) groups excluding carboxylic acids is 2. The van der Waals surface area contributed by atoms with Gasteiger partial charge in [0.25, 0.3) is 0 Å². The smallest absolute Gasteiger partial charge is 0.462 e. The molecule has 0 fully saturated rings. The van der Waals surface area contributed by atoms with Crippen molar-refractivity contribution in [1.29, 1.82) is 0 Å². The van der Waals surface area contributed by atoms with E-state index < -0.39 is 32.5 Å². The molecule has 306 valence electrons. The summed E-state index contributed by atoms with van der Waals surface area (Å²) >= 11 is 0. The van der Waals surface area contributed by atoms with Crippen LogP contribution in [-0.4, -0.2) is 41.0 Å². The Kier molecular flexibility index (Phi) is 38.1. The van der Waals surface area contributed by atoms with Crippen LogP contribution in [0.15, 0.2) is 24.3 Å². The average molecular weight is 757 g/mol. The number of unbranched alkanes of at least 4 members (excludes halogenated alkanes) is 26. The van der Waals surface area contributed by atoms with E-state index in [-0.39, 0.29) is 19.4 Å². The van der Waals surface area contributed by atoms with E-state index in [1.54, 1.807) is 0 Å². The summed E-state index contributed by atoms with van der Waals surface area (Å²) in [6, 6.07) is 0. The van der Waals surface area contributed by atoms with Crippen molar-refractivity contribution < 1.29 is 37.9 Å². The highest BCUT2D eigenvalue weighted by Crippen LogP contribution is 2.36. The molecule has 9 heteroatoms. The van der Waals surface area contributed by atoms with Crippen LogP contribution < -0.4 is 0 Å². The summed E-state index contributed by atoms with van der Waals surface area (Å²) in [5.74, 6) is -0.891. The van der Waals surface area contributed by atoms with Crippen LogP contribution in [0.4, 0.5) is 0 Å². The second-order valence-corrected chi connectivity index (χ2v) is 15.9. The van der Waals surface area contributed by atoms with Crippen LogP contribution in [0.25, 0.3) is 0 Å². The minimum absolute atomic E-state index is 0.199. The molecular weight excluding hydrogens is 675 g/mol. The highest BCUT2D eigenvalue weighted by molar-refractivity contribution is 7.46. The Labute approximate surface area is 319 Å². The number of phosphoric ester groups is 1. The number of carbonyl (C=O) groups is 2. The maximum Gasteiger partial charge on any atom is 0.469 e. The maximum atomic E-state index is 12.4. The van der Waals surface area contributed by atoms with Crippen LogP contribution >= 0.6 is 7.82 Å². The molecule has 0 aliphatic carbocycles. The summed E-state index contributed by atoms with van der Waals surface area (Å²) in [6.07, 6.45) is 44.7. The maximum absolute atomic E-state index is 12.4. The van der Waals surface area contributed by atoms with Gasteiger partial charge in [-0.05, 0) is 44.9 Å². The van der Waals surface area contributed by atoms with E-state index in [1.807, 2.05) is 0 Å². The SMILES string of the molecule is CCCCC/C=C\C/C=C\CCCCCCCC(=O)OC(COC(=O)CCCCCCCCCCCCCCCCCCCCC)COP(=O)(O)O. The average Bonchev–Trinajstić information content (AvgIpc) is 3.11. The lowest BCUT2D eigenvalue weighted by atomic mass is 10.0. The van der Waals surface area contributed by atoms with Crippen LogP contribution in [0.3, 0.4) is 0 Å². The van der Waals surface area contributed by atoms with Crippen molar-refractivity contribution in [3.63, 3.8) is 0 Å². The van der Waals surface area contributed by atoms with Gasteiger partial charge in [0, 0.05) is 12.8 Å². The third-order valence-electron chi connectivity index (χ3n) is 9.47. The van der Waals surface area contributed by atoms with Crippen molar-refractivity contribution in [2.24, 2.45) is 0 Å².